The normalized spacial score (nSPS) is 13.7. The molecule has 0 radical (unpaired) electrons. The van der Waals surface area contributed by atoms with Crippen molar-refractivity contribution in [1.82, 2.24) is 19.8 Å². The molecule has 0 spiro atoms. The predicted octanol–water partition coefficient (Wildman–Crippen LogP) is 1.72. The zero-order valence-corrected chi connectivity index (χ0v) is 10.7. The van der Waals surface area contributed by atoms with Crippen LogP contribution in [0, 0.1) is 0 Å². The Hall–Kier alpha value is -1.90. The molecule has 1 unspecified atom stereocenters. The lowest BCUT2D eigenvalue weighted by Crippen LogP contribution is -2.18. The third-order valence-electron chi connectivity index (χ3n) is 2.71. The van der Waals surface area contributed by atoms with Crippen molar-refractivity contribution in [3.05, 3.63) is 18.0 Å². The molecule has 9 heteroatoms. The van der Waals surface area contributed by atoms with E-state index >= 15 is 0 Å². The molecule has 110 valence electrons. The number of anilines is 1. The summed E-state index contributed by atoms with van der Waals surface area (Å²) in [5, 5.41) is 22.1. The zero-order valence-electron chi connectivity index (χ0n) is 10.7. The highest BCUT2D eigenvalue weighted by atomic mass is 19.4. The third-order valence-corrected chi connectivity index (χ3v) is 2.71. The van der Waals surface area contributed by atoms with Gasteiger partial charge in [0, 0.05) is 12.6 Å². The minimum Gasteiger partial charge on any atom is -0.396 e. The van der Waals surface area contributed by atoms with Crippen LogP contribution in [0.1, 0.15) is 25.6 Å². The zero-order chi connectivity index (χ0) is 14.8. The fraction of sp³-hybridized carbons (Fsp3) is 0.545. The van der Waals surface area contributed by atoms with E-state index in [9.17, 15) is 13.2 Å². The van der Waals surface area contributed by atoms with Crippen LogP contribution in [0.3, 0.4) is 0 Å². The molecular formula is C11H14F3N5O. The Morgan fingerprint density at radius 1 is 1.35 bits per heavy atom. The third kappa shape index (κ3) is 3.16. The first-order valence-corrected chi connectivity index (χ1v) is 6.09. The summed E-state index contributed by atoms with van der Waals surface area (Å²) in [6.45, 7) is 1.93. The van der Waals surface area contributed by atoms with Crippen LogP contribution in [0.25, 0.3) is 5.65 Å². The highest BCUT2D eigenvalue weighted by molar-refractivity contribution is 5.44. The van der Waals surface area contributed by atoms with Gasteiger partial charge in [-0.05, 0) is 31.9 Å². The molecule has 0 fully saturated rings. The summed E-state index contributed by atoms with van der Waals surface area (Å²) in [6.07, 6.45) is -3.31. The van der Waals surface area contributed by atoms with E-state index in [2.05, 4.69) is 20.6 Å². The molecule has 0 aromatic carbocycles. The first-order valence-electron chi connectivity index (χ1n) is 6.09. The molecule has 2 aromatic heterocycles. The monoisotopic (exact) mass is 289 g/mol. The number of halogens is 3. The predicted molar refractivity (Wildman–Crippen MR) is 65.2 cm³/mol. The van der Waals surface area contributed by atoms with Crippen molar-refractivity contribution in [2.45, 2.75) is 32.0 Å². The average Bonchev–Trinajstić information content (AvgIpc) is 2.79. The standard InChI is InChI=1S/C11H14F3N5O/c1-7(3-2-6-20)15-8-4-5-9-16-17-10(11(12,13)14)19(9)18-8/h4-5,7,20H,2-3,6H2,1H3,(H,15,18). The maximum atomic E-state index is 12.7. The van der Waals surface area contributed by atoms with Crippen LogP contribution in [0.4, 0.5) is 19.0 Å². The van der Waals surface area contributed by atoms with Gasteiger partial charge in [-0.1, -0.05) is 0 Å². The number of nitrogens with zero attached hydrogens (tertiary/aromatic N) is 4. The lowest BCUT2D eigenvalue weighted by atomic mass is 10.2. The highest BCUT2D eigenvalue weighted by Gasteiger charge is 2.37. The van der Waals surface area contributed by atoms with E-state index in [1.807, 2.05) is 6.92 Å². The van der Waals surface area contributed by atoms with Crippen molar-refractivity contribution in [3.63, 3.8) is 0 Å². The van der Waals surface area contributed by atoms with Gasteiger partial charge in [-0.25, -0.2) is 0 Å². The van der Waals surface area contributed by atoms with E-state index in [-0.39, 0.29) is 18.3 Å². The molecule has 2 N–H and O–H groups in total. The molecule has 0 aliphatic heterocycles. The number of rotatable bonds is 5. The Morgan fingerprint density at radius 3 is 2.75 bits per heavy atom. The Labute approximate surface area is 112 Å². The molecule has 0 bridgehead atoms. The van der Waals surface area contributed by atoms with E-state index < -0.39 is 12.0 Å². The second-order valence-electron chi connectivity index (χ2n) is 4.42. The molecule has 2 aromatic rings. The molecule has 2 rings (SSSR count). The lowest BCUT2D eigenvalue weighted by molar-refractivity contribution is -0.146. The molecule has 6 nitrogen and oxygen atoms in total. The van der Waals surface area contributed by atoms with Gasteiger partial charge in [0.1, 0.15) is 5.82 Å². The summed E-state index contributed by atoms with van der Waals surface area (Å²) in [4.78, 5) is 0. The van der Waals surface area contributed by atoms with Crippen molar-refractivity contribution in [3.8, 4) is 0 Å². The molecular weight excluding hydrogens is 275 g/mol. The molecule has 0 aliphatic rings. The van der Waals surface area contributed by atoms with Crippen molar-refractivity contribution < 1.29 is 18.3 Å². The van der Waals surface area contributed by atoms with Crippen LogP contribution >= 0.6 is 0 Å². The van der Waals surface area contributed by atoms with Gasteiger partial charge in [0.2, 0.25) is 0 Å². The Morgan fingerprint density at radius 2 is 2.10 bits per heavy atom. The van der Waals surface area contributed by atoms with Gasteiger partial charge in [0.05, 0.1) is 0 Å². The van der Waals surface area contributed by atoms with Gasteiger partial charge >= 0.3 is 6.18 Å². The minimum absolute atomic E-state index is 0.0158. The average molecular weight is 289 g/mol. The molecule has 2 heterocycles. The number of fused-ring (bicyclic) bond motifs is 1. The Balaban J connectivity index is 2.24. The SMILES string of the molecule is CC(CCCO)Nc1ccc2nnc(C(F)(F)F)n2n1. The summed E-state index contributed by atoms with van der Waals surface area (Å²) in [5.41, 5.74) is 0.0332. The van der Waals surface area contributed by atoms with Gasteiger partial charge in [-0.2, -0.15) is 17.7 Å². The number of alkyl halides is 3. The number of aliphatic hydroxyl groups is 1. The quantitative estimate of drug-likeness (QED) is 0.876. The fourth-order valence-electron chi connectivity index (χ4n) is 1.76. The summed E-state index contributed by atoms with van der Waals surface area (Å²) in [7, 11) is 0. The van der Waals surface area contributed by atoms with Crippen molar-refractivity contribution in [2.24, 2.45) is 0 Å². The van der Waals surface area contributed by atoms with Gasteiger partial charge < -0.3 is 10.4 Å². The van der Waals surface area contributed by atoms with E-state index in [1.54, 1.807) is 6.07 Å². The lowest BCUT2D eigenvalue weighted by Gasteiger charge is -2.13. The molecule has 0 aliphatic carbocycles. The summed E-state index contributed by atoms with van der Waals surface area (Å²) in [5.74, 6) is -0.854. The molecule has 1 atom stereocenters. The second-order valence-corrected chi connectivity index (χ2v) is 4.42. The largest absolute Gasteiger partial charge is 0.453 e. The van der Waals surface area contributed by atoms with Crippen LogP contribution in [0.15, 0.2) is 12.1 Å². The van der Waals surface area contributed by atoms with Gasteiger partial charge in [-0.15, -0.1) is 15.3 Å². The first kappa shape index (κ1) is 14.5. The Kier molecular flexibility index (Phi) is 4.07. The smallest absolute Gasteiger partial charge is 0.396 e. The van der Waals surface area contributed by atoms with Gasteiger partial charge in [0.15, 0.2) is 5.65 Å². The van der Waals surface area contributed by atoms with Crippen LogP contribution < -0.4 is 5.32 Å². The fourth-order valence-corrected chi connectivity index (χ4v) is 1.76. The minimum atomic E-state index is -4.60. The maximum absolute atomic E-state index is 12.7. The van der Waals surface area contributed by atoms with Gasteiger partial charge in [0.25, 0.3) is 5.82 Å². The summed E-state index contributed by atoms with van der Waals surface area (Å²) in [6, 6.07) is 2.94. The Bertz CT molecular complexity index is 583. The molecule has 0 saturated heterocycles. The van der Waals surface area contributed by atoms with Crippen LogP contribution in [-0.2, 0) is 6.18 Å². The van der Waals surface area contributed by atoms with Crippen LogP contribution in [0.5, 0.6) is 0 Å². The molecule has 0 saturated carbocycles. The highest BCUT2D eigenvalue weighted by Crippen LogP contribution is 2.27. The first-order chi connectivity index (χ1) is 9.41. The number of hydrogen-bond donors (Lipinski definition) is 2. The second kappa shape index (κ2) is 5.61. The van der Waals surface area contributed by atoms with Crippen molar-refractivity contribution in [2.75, 3.05) is 11.9 Å². The van der Waals surface area contributed by atoms with E-state index in [1.165, 1.54) is 6.07 Å². The number of nitrogens with one attached hydrogen (secondary N) is 1. The van der Waals surface area contributed by atoms with E-state index in [0.29, 0.717) is 23.2 Å². The van der Waals surface area contributed by atoms with Gasteiger partial charge in [-0.3, -0.25) is 0 Å². The van der Waals surface area contributed by atoms with E-state index in [4.69, 9.17) is 5.11 Å². The number of aromatic nitrogens is 4. The van der Waals surface area contributed by atoms with Crippen LogP contribution in [0.2, 0.25) is 0 Å². The summed E-state index contributed by atoms with van der Waals surface area (Å²) < 4.78 is 38.8. The molecule has 20 heavy (non-hydrogen) atoms. The molecule has 0 amide bonds. The van der Waals surface area contributed by atoms with Crippen molar-refractivity contribution >= 4 is 11.5 Å². The maximum Gasteiger partial charge on any atom is 0.453 e. The number of aliphatic hydroxyl groups excluding tert-OH is 1. The summed E-state index contributed by atoms with van der Waals surface area (Å²) >= 11 is 0. The van der Waals surface area contributed by atoms with Crippen LogP contribution in [-0.4, -0.2) is 37.6 Å². The number of hydrogen-bond acceptors (Lipinski definition) is 5. The topological polar surface area (TPSA) is 75.3 Å². The van der Waals surface area contributed by atoms with Crippen molar-refractivity contribution in [1.29, 1.82) is 0 Å². The van der Waals surface area contributed by atoms with E-state index in [0.717, 1.165) is 0 Å².